The standard InChI is InChI=1S/C9H8Cl2O2/c1-5(12)9(13)6-3-2-4-7(10)8(6)11/h2-5,12H,1H3/t5-/m1/s1. The van der Waals surface area contributed by atoms with Crippen LogP contribution in [0.2, 0.25) is 10.0 Å². The summed E-state index contributed by atoms with van der Waals surface area (Å²) in [5.41, 5.74) is 0.254. The van der Waals surface area contributed by atoms with Crippen molar-refractivity contribution in [2.75, 3.05) is 0 Å². The van der Waals surface area contributed by atoms with E-state index in [2.05, 4.69) is 0 Å². The molecule has 0 aromatic heterocycles. The molecule has 0 fully saturated rings. The van der Waals surface area contributed by atoms with Crippen LogP contribution in [0.5, 0.6) is 0 Å². The number of carbonyl (C=O) groups is 1. The lowest BCUT2D eigenvalue weighted by Crippen LogP contribution is -2.16. The number of halogens is 2. The third kappa shape index (κ3) is 2.21. The third-order valence-corrected chi connectivity index (χ3v) is 2.42. The van der Waals surface area contributed by atoms with Crippen molar-refractivity contribution in [3.05, 3.63) is 33.8 Å². The lowest BCUT2D eigenvalue weighted by Gasteiger charge is -2.06. The topological polar surface area (TPSA) is 37.3 Å². The first-order chi connectivity index (χ1) is 6.04. The van der Waals surface area contributed by atoms with Crippen LogP contribution in [-0.4, -0.2) is 17.0 Å². The minimum Gasteiger partial charge on any atom is -0.385 e. The Kier molecular flexibility index (Phi) is 3.31. The Morgan fingerprint density at radius 1 is 1.46 bits per heavy atom. The second-order valence-electron chi connectivity index (χ2n) is 2.64. The molecule has 1 N–H and O–H groups in total. The van der Waals surface area contributed by atoms with E-state index in [9.17, 15) is 4.79 Å². The first-order valence-electron chi connectivity index (χ1n) is 3.70. The first-order valence-corrected chi connectivity index (χ1v) is 4.46. The van der Waals surface area contributed by atoms with E-state index < -0.39 is 11.9 Å². The number of Topliss-reactive ketones (excluding diaryl/α,β-unsaturated/α-hetero) is 1. The average Bonchev–Trinajstić information content (AvgIpc) is 2.08. The van der Waals surface area contributed by atoms with Crippen LogP contribution in [0, 0.1) is 0 Å². The molecule has 0 radical (unpaired) electrons. The van der Waals surface area contributed by atoms with Crippen molar-refractivity contribution in [2.45, 2.75) is 13.0 Å². The molecule has 13 heavy (non-hydrogen) atoms. The summed E-state index contributed by atoms with van der Waals surface area (Å²) in [6.07, 6.45) is -1.06. The van der Waals surface area contributed by atoms with Gasteiger partial charge in [0.05, 0.1) is 10.0 Å². The van der Waals surface area contributed by atoms with Crippen molar-refractivity contribution >= 4 is 29.0 Å². The number of benzene rings is 1. The number of carbonyl (C=O) groups excluding carboxylic acids is 1. The predicted octanol–water partition coefficient (Wildman–Crippen LogP) is 2.56. The monoisotopic (exact) mass is 218 g/mol. The minimum absolute atomic E-state index is 0.190. The van der Waals surface area contributed by atoms with E-state index in [1.807, 2.05) is 0 Å². The van der Waals surface area contributed by atoms with Crippen molar-refractivity contribution in [2.24, 2.45) is 0 Å². The molecule has 0 spiro atoms. The Morgan fingerprint density at radius 2 is 2.08 bits per heavy atom. The summed E-state index contributed by atoms with van der Waals surface area (Å²) in [5, 5.41) is 9.54. The molecule has 0 saturated carbocycles. The fourth-order valence-corrected chi connectivity index (χ4v) is 1.31. The Labute approximate surface area is 86.1 Å². The highest BCUT2D eigenvalue weighted by Gasteiger charge is 2.16. The normalized spacial score (nSPS) is 12.6. The molecule has 70 valence electrons. The smallest absolute Gasteiger partial charge is 0.192 e. The first kappa shape index (κ1) is 10.5. The van der Waals surface area contributed by atoms with Crippen LogP contribution >= 0.6 is 23.2 Å². The summed E-state index contributed by atoms with van der Waals surface area (Å²) in [5.74, 6) is -0.424. The molecular formula is C9H8Cl2O2. The second-order valence-corrected chi connectivity index (χ2v) is 3.43. The van der Waals surface area contributed by atoms with E-state index in [0.29, 0.717) is 5.02 Å². The molecule has 1 rings (SSSR count). The summed E-state index contributed by atoms with van der Waals surface area (Å²) in [4.78, 5) is 11.3. The van der Waals surface area contributed by atoms with E-state index in [1.54, 1.807) is 12.1 Å². The number of hydrogen-bond acceptors (Lipinski definition) is 2. The lowest BCUT2D eigenvalue weighted by atomic mass is 10.1. The van der Waals surface area contributed by atoms with Crippen molar-refractivity contribution in [3.63, 3.8) is 0 Å². The largest absolute Gasteiger partial charge is 0.385 e. The minimum atomic E-state index is -1.06. The van der Waals surface area contributed by atoms with Crippen molar-refractivity contribution in [1.82, 2.24) is 0 Å². The number of aliphatic hydroxyl groups is 1. The van der Waals surface area contributed by atoms with Gasteiger partial charge in [-0.1, -0.05) is 29.3 Å². The average molecular weight is 219 g/mol. The van der Waals surface area contributed by atoms with Crippen LogP contribution in [-0.2, 0) is 0 Å². The maximum Gasteiger partial charge on any atom is 0.192 e. The van der Waals surface area contributed by atoms with Crippen LogP contribution in [0.3, 0.4) is 0 Å². The van der Waals surface area contributed by atoms with Gasteiger partial charge < -0.3 is 5.11 Å². The van der Waals surface area contributed by atoms with Gasteiger partial charge in [-0.15, -0.1) is 0 Å². The van der Waals surface area contributed by atoms with Gasteiger partial charge in [-0.3, -0.25) is 4.79 Å². The molecule has 0 heterocycles. The van der Waals surface area contributed by atoms with Crippen LogP contribution in [0.4, 0.5) is 0 Å². The second kappa shape index (κ2) is 4.09. The molecule has 0 aliphatic heterocycles. The van der Waals surface area contributed by atoms with Gasteiger partial charge in [0.15, 0.2) is 5.78 Å². The Bertz CT molecular complexity index is 334. The van der Waals surface area contributed by atoms with Crippen LogP contribution in [0.15, 0.2) is 18.2 Å². The molecule has 4 heteroatoms. The van der Waals surface area contributed by atoms with Crippen molar-refractivity contribution in [1.29, 1.82) is 0 Å². The fourth-order valence-electron chi connectivity index (χ4n) is 0.919. The molecule has 0 unspecified atom stereocenters. The van der Waals surface area contributed by atoms with E-state index in [0.717, 1.165) is 0 Å². The Hall–Kier alpha value is -0.570. The van der Waals surface area contributed by atoms with Gasteiger partial charge in [0.2, 0.25) is 0 Å². The molecule has 1 aromatic carbocycles. The molecule has 0 saturated heterocycles. The molecule has 1 aromatic rings. The van der Waals surface area contributed by atoms with Gasteiger partial charge in [-0.2, -0.15) is 0 Å². The van der Waals surface area contributed by atoms with Gasteiger partial charge in [0.25, 0.3) is 0 Å². The number of hydrogen-bond donors (Lipinski definition) is 1. The fraction of sp³-hybridized carbons (Fsp3) is 0.222. The Morgan fingerprint density at radius 3 is 2.62 bits per heavy atom. The number of rotatable bonds is 2. The van der Waals surface area contributed by atoms with Crippen LogP contribution in [0.1, 0.15) is 17.3 Å². The van der Waals surface area contributed by atoms with Crippen molar-refractivity contribution in [3.8, 4) is 0 Å². The quantitative estimate of drug-likeness (QED) is 0.776. The number of aliphatic hydroxyl groups excluding tert-OH is 1. The van der Waals surface area contributed by atoms with Gasteiger partial charge in [-0.05, 0) is 19.1 Å². The zero-order chi connectivity index (χ0) is 10.0. The summed E-state index contributed by atoms with van der Waals surface area (Å²) < 4.78 is 0. The zero-order valence-corrected chi connectivity index (χ0v) is 8.43. The summed E-state index contributed by atoms with van der Waals surface area (Å²) in [6.45, 7) is 1.39. The number of ketones is 1. The van der Waals surface area contributed by atoms with Crippen molar-refractivity contribution < 1.29 is 9.90 Å². The van der Waals surface area contributed by atoms with Gasteiger partial charge >= 0.3 is 0 Å². The summed E-state index contributed by atoms with van der Waals surface area (Å²) >= 11 is 11.5. The SMILES string of the molecule is C[C@@H](O)C(=O)c1cccc(Cl)c1Cl. The maximum absolute atomic E-state index is 11.3. The molecule has 0 bridgehead atoms. The highest BCUT2D eigenvalue weighted by molar-refractivity contribution is 6.44. The lowest BCUT2D eigenvalue weighted by molar-refractivity contribution is 0.0779. The third-order valence-electron chi connectivity index (χ3n) is 1.60. The van der Waals surface area contributed by atoms with Crippen LogP contribution < -0.4 is 0 Å². The highest BCUT2D eigenvalue weighted by atomic mass is 35.5. The summed E-state index contributed by atoms with van der Waals surface area (Å²) in [7, 11) is 0. The molecular weight excluding hydrogens is 211 g/mol. The summed E-state index contributed by atoms with van der Waals surface area (Å²) in [6, 6.07) is 4.73. The van der Waals surface area contributed by atoms with E-state index in [1.165, 1.54) is 13.0 Å². The molecule has 1 atom stereocenters. The van der Waals surface area contributed by atoms with E-state index in [4.69, 9.17) is 28.3 Å². The molecule has 0 aliphatic rings. The van der Waals surface area contributed by atoms with Crippen LogP contribution in [0.25, 0.3) is 0 Å². The van der Waals surface area contributed by atoms with Gasteiger partial charge in [0.1, 0.15) is 6.10 Å². The predicted molar refractivity (Wildman–Crippen MR) is 52.5 cm³/mol. The van der Waals surface area contributed by atoms with E-state index in [-0.39, 0.29) is 10.6 Å². The Balaban J connectivity index is 3.15. The molecule has 0 aliphatic carbocycles. The maximum atomic E-state index is 11.3. The van der Waals surface area contributed by atoms with E-state index >= 15 is 0 Å². The highest BCUT2D eigenvalue weighted by Crippen LogP contribution is 2.26. The van der Waals surface area contributed by atoms with Gasteiger partial charge in [0, 0.05) is 5.56 Å². The zero-order valence-electron chi connectivity index (χ0n) is 6.92. The van der Waals surface area contributed by atoms with Gasteiger partial charge in [-0.25, -0.2) is 0 Å². The molecule has 2 nitrogen and oxygen atoms in total. The molecule has 0 amide bonds.